The topological polar surface area (TPSA) is 95.7 Å². The van der Waals surface area contributed by atoms with Crippen LogP contribution in [0.5, 0.6) is 11.5 Å². The van der Waals surface area contributed by atoms with Crippen LogP contribution in [0.2, 0.25) is 0 Å². The van der Waals surface area contributed by atoms with Crippen LogP contribution in [0.1, 0.15) is 53.3 Å². The number of non-ortho nitro benzene ring substituents is 1. The molecule has 2 aromatic rings. The number of unbranched alkanes of at least 4 members (excludes halogenated alkanes) is 3. The Morgan fingerprint density at radius 1 is 1.14 bits per heavy atom. The molecule has 0 fully saturated rings. The second-order valence-electron chi connectivity index (χ2n) is 6.04. The van der Waals surface area contributed by atoms with Crippen LogP contribution in [0.15, 0.2) is 40.9 Å². The zero-order valence-corrected chi connectivity index (χ0v) is 16.9. The minimum absolute atomic E-state index is 0.0435. The molecule has 0 N–H and O–H groups in total. The van der Waals surface area contributed by atoms with E-state index in [1.54, 1.807) is 18.2 Å². The van der Waals surface area contributed by atoms with Crippen molar-refractivity contribution in [3.8, 4) is 11.5 Å². The molecule has 0 amide bonds. The van der Waals surface area contributed by atoms with Gasteiger partial charge in [0.05, 0.1) is 27.1 Å². The number of carbonyl (C=O) groups is 2. The number of carbonyl (C=O) groups excluding carboxylic acids is 2. The number of nitrogens with zero attached hydrogens (tertiary/aromatic N) is 1. The number of aldehydes is 1. The summed E-state index contributed by atoms with van der Waals surface area (Å²) in [5.41, 5.74) is -0.0841. The van der Waals surface area contributed by atoms with Crippen LogP contribution in [0.4, 0.5) is 5.69 Å². The molecule has 0 aliphatic rings. The Balaban J connectivity index is 2.05. The Kier molecular flexibility index (Phi) is 8.13. The highest BCUT2D eigenvalue weighted by Gasteiger charge is 2.16. The minimum atomic E-state index is -0.688. The van der Waals surface area contributed by atoms with Crippen LogP contribution in [0.3, 0.4) is 0 Å². The lowest BCUT2D eigenvalue weighted by Crippen LogP contribution is -2.10. The molecule has 8 heteroatoms. The number of nitro groups is 1. The summed E-state index contributed by atoms with van der Waals surface area (Å²) in [6, 6.07) is 8.23. The fourth-order valence-corrected chi connectivity index (χ4v) is 2.94. The predicted octanol–water partition coefficient (Wildman–Crippen LogP) is 5.35. The second-order valence-corrected chi connectivity index (χ2v) is 6.90. The summed E-state index contributed by atoms with van der Waals surface area (Å²) >= 11 is 3.37. The predicted molar refractivity (Wildman–Crippen MR) is 107 cm³/mol. The van der Waals surface area contributed by atoms with Crippen LogP contribution in [0.25, 0.3) is 0 Å². The second kappa shape index (κ2) is 10.6. The van der Waals surface area contributed by atoms with Gasteiger partial charge < -0.3 is 9.47 Å². The number of hydrogen-bond donors (Lipinski definition) is 0. The number of benzene rings is 2. The van der Waals surface area contributed by atoms with E-state index >= 15 is 0 Å². The maximum absolute atomic E-state index is 12.4. The highest BCUT2D eigenvalue weighted by molar-refractivity contribution is 9.10. The summed E-state index contributed by atoms with van der Waals surface area (Å²) in [6.45, 7) is 2.73. The number of hydrogen-bond acceptors (Lipinski definition) is 6. The van der Waals surface area contributed by atoms with Gasteiger partial charge >= 0.3 is 5.97 Å². The molecular weight excluding hydrogens is 430 g/mol. The highest BCUT2D eigenvalue weighted by atomic mass is 79.9. The Morgan fingerprint density at radius 3 is 2.54 bits per heavy atom. The fraction of sp³-hybridized carbons (Fsp3) is 0.300. The van der Waals surface area contributed by atoms with Gasteiger partial charge in [-0.1, -0.05) is 26.2 Å². The van der Waals surface area contributed by atoms with E-state index in [0.29, 0.717) is 23.1 Å². The normalized spacial score (nSPS) is 10.4. The van der Waals surface area contributed by atoms with Gasteiger partial charge in [0, 0.05) is 12.1 Å². The molecule has 0 aromatic heterocycles. The number of esters is 1. The molecule has 0 heterocycles. The van der Waals surface area contributed by atoms with E-state index in [9.17, 15) is 19.7 Å². The molecule has 7 nitrogen and oxygen atoms in total. The van der Waals surface area contributed by atoms with Crippen LogP contribution in [-0.4, -0.2) is 23.8 Å². The van der Waals surface area contributed by atoms with Crippen molar-refractivity contribution in [1.29, 1.82) is 0 Å². The first kappa shape index (κ1) is 21.6. The molecular formula is C20H20BrNO6. The Bertz CT molecular complexity index is 868. The van der Waals surface area contributed by atoms with Crippen molar-refractivity contribution in [2.75, 3.05) is 6.61 Å². The Hall–Kier alpha value is -2.74. The molecule has 0 aliphatic carbocycles. The van der Waals surface area contributed by atoms with Crippen molar-refractivity contribution in [3.05, 3.63) is 62.1 Å². The third kappa shape index (κ3) is 5.88. The van der Waals surface area contributed by atoms with Gasteiger partial charge in [0.1, 0.15) is 11.5 Å². The summed E-state index contributed by atoms with van der Waals surface area (Å²) in [5.74, 6) is -0.109. The largest absolute Gasteiger partial charge is 0.492 e. The lowest BCUT2D eigenvalue weighted by Gasteiger charge is -2.10. The number of ether oxygens (including phenoxy) is 2. The maximum atomic E-state index is 12.4. The number of halogens is 1. The van der Waals surface area contributed by atoms with Crippen molar-refractivity contribution in [2.45, 2.75) is 32.6 Å². The van der Waals surface area contributed by atoms with Gasteiger partial charge in [-0.2, -0.15) is 0 Å². The van der Waals surface area contributed by atoms with Gasteiger partial charge in [0.15, 0.2) is 6.29 Å². The van der Waals surface area contributed by atoms with Gasteiger partial charge in [-0.15, -0.1) is 0 Å². The van der Waals surface area contributed by atoms with Gasteiger partial charge in [-0.05, 0) is 46.6 Å². The lowest BCUT2D eigenvalue weighted by molar-refractivity contribution is -0.384. The summed E-state index contributed by atoms with van der Waals surface area (Å²) in [7, 11) is 0. The van der Waals surface area contributed by atoms with Crippen LogP contribution in [0, 0.1) is 10.1 Å². The summed E-state index contributed by atoms with van der Waals surface area (Å²) < 4.78 is 11.5. The van der Waals surface area contributed by atoms with Gasteiger partial charge in [-0.25, -0.2) is 4.79 Å². The zero-order valence-electron chi connectivity index (χ0n) is 15.4. The van der Waals surface area contributed by atoms with Gasteiger partial charge in [-0.3, -0.25) is 14.9 Å². The van der Waals surface area contributed by atoms with Crippen LogP contribution in [-0.2, 0) is 0 Å². The van der Waals surface area contributed by atoms with E-state index in [2.05, 4.69) is 22.9 Å². The van der Waals surface area contributed by atoms with Crippen LogP contribution < -0.4 is 9.47 Å². The monoisotopic (exact) mass is 449 g/mol. The van der Waals surface area contributed by atoms with Crippen molar-refractivity contribution in [2.24, 2.45) is 0 Å². The van der Waals surface area contributed by atoms with E-state index < -0.39 is 10.9 Å². The first-order valence-corrected chi connectivity index (χ1v) is 9.63. The average Bonchev–Trinajstić information content (AvgIpc) is 2.68. The molecule has 148 valence electrons. The summed E-state index contributed by atoms with van der Waals surface area (Å²) in [5, 5.41) is 10.8. The molecule has 0 aliphatic heterocycles. The van der Waals surface area contributed by atoms with E-state index in [0.717, 1.165) is 25.3 Å². The molecule has 2 rings (SSSR count). The van der Waals surface area contributed by atoms with Crippen molar-refractivity contribution in [1.82, 2.24) is 0 Å². The molecule has 0 saturated heterocycles. The highest BCUT2D eigenvalue weighted by Crippen LogP contribution is 2.28. The molecule has 0 unspecified atom stereocenters. The number of nitro benzene ring substituents is 1. The Morgan fingerprint density at radius 2 is 1.89 bits per heavy atom. The van der Waals surface area contributed by atoms with E-state index in [1.165, 1.54) is 18.6 Å². The molecule has 0 bridgehead atoms. The first-order chi connectivity index (χ1) is 13.5. The van der Waals surface area contributed by atoms with E-state index in [1.807, 2.05) is 0 Å². The van der Waals surface area contributed by atoms with Crippen molar-refractivity contribution in [3.63, 3.8) is 0 Å². The quantitative estimate of drug-likeness (QED) is 0.121. The average molecular weight is 450 g/mol. The molecule has 0 atom stereocenters. The SMILES string of the molecule is CCCCCCOc1ccc(C(=O)Oc2ccc([N+](=O)[O-])cc2C=O)cc1Br. The van der Waals surface area contributed by atoms with Crippen molar-refractivity contribution < 1.29 is 24.0 Å². The Labute approximate surface area is 170 Å². The molecule has 2 aromatic carbocycles. The maximum Gasteiger partial charge on any atom is 0.343 e. The third-order valence-corrected chi connectivity index (χ3v) is 4.58. The summed E-state index contributed by atoms with van der Waals surface area (Å²) in [6.07, 6.45) is 4.79. The van der Waals surface area contributed by atoms with Crippen molar-refractivity contribution >= 4 is 33.9 Å². The van der Waals surface area contributed by atoms with E-state index in [4.69, 9.17) is 9.47 Å². The van der Waals surface area contributed by atoms with Gasteiger partial charge in [0.2, 0.25) is 0 Å². The molecule has 0 spiro atoms. The van der Waals surface area contributed by atoms with Crippen LogP contribution >= 0.6 is 15.9 Å². The smallest absolute Gasteiger partial charge is 0.343 e. The zero-order chi connectivity index (χ0) is 20.5. The first-order valence-electron chi connectivity index (χ1n) is 8.84. The molecule has 0 saturated carbocycles. The fourth-order valence-electron chi connectivity index (χ4n) is 2.45. The number of rotatable bonds is 10. The standard InChI is InChI=1S/C20H20BrNO6/c1-2-3-4-5-10-27-19-8-6-14(12-17(19)21)20(24)28-18-9-7-16(22(25)26)11-15(18)13-23/h6-9,11-13H,2-5,10H2,1H3. The van der Waals surface area contributed by atoms with E-state index in [-0.39, 0.29) is 22.6 Å². The lowest BCUT2D eigenvalue weighted by atomic mass is 10.2. The molecule has 28 heavy (non-hydrogen) atoms. The summed E-state index contributed by atoms with van der Waals surface area (Å²) in [4.78, 5) is 33.7. The minimum Gasteiger partial charge on any atom is -0.492 e. The molecule has 0 radical (unpaired) electrons. The third-order valence-electron chi connectivity index (χ3n) is 3.96. The van der Waals surface area contributed by atoms with Gasteiger partial charge in [0.25, 0.3) is 5.69 Å².